The zero-order valence-corrected chi connectivity index (χ0v) is 13.7. The largest absolute Gasteiger partial charge is 0.476 e. The lowest BCUT2D eigenvalue weighted by atomic mass is 10.0. The lowest BCUT2D eigenvalue weighted by molar-refractivity contribution is -0.132. The highest BCUT2D eigenvalue weighted by atomic mass is 16.5. The van der Waals surface area contributed by atoms with Crippen molar-refractivity contribution in [2.24, 2.45) is 0 Å². The van der Waals surface area contributed by atoms with Crippen LogP contribution in [0.2, 0.25) is 0 Å². The monoisotopic (exact) mass is 330 g/mol. The number of amides is 2. The van der Waals surface area contributed by atoms with Gasteiger partial charge in [-0.1, -0.05) is 11.2 Å². The fraction of sp³-hybridized carbons (Fsp3) is 0.400. The Kier molecular flexibility index (Phi) is 3.92. The molecule has 2 amide bonds. The summed E-state index contributed by atoms with van der Waals surface area (Å²) in [4.78, 5) is 26.3. The first-order chi connectivity index (χ1) is 11.4. The van der Waals surface area contributed by atoms with Crippen LogP contribution in [0.1, 0.15) is 25.8 Å². The minimum atomic E-state index is -0.980. The Morgan fingerprint density at radius 3 is 2.92 bits per heavy atom. The predicted molar refractivity (Wildman–Crippen MR) is 85.7 cm³/mol. The van der Waals surface area contributed by atoms with E-state index < -0.39 is 5.60 Å². The molecule has 0 atom stereocenters. The molecule has 0 radical (unpaired) electrons. The molecule has 0 saturated carbocycles. The van der Waals surface area contributed by atoms with Gasteiger partial charge in [0.25, 0.3) is 11.9 Å². The molecule has 0 aliphatic carbocycles. The van der Waals surface area contributed by atoms with Crippen LogP contribution in [0, 0.1) is 6.92 Å². The number of carbonyl (C=O) groups is 2. The number of aromatic nitrogens is 4. The van der Waals surface area contributed by atoms with E-state index in [9.17, 15) is 9.59 Å². The molecule has 0 bridgehead atoms. The van der Waals surface area contributed by atoms with Crippen LogP contribution in [-0.2, 0) is 9.59 Å². The van der Waals surface area contributed by atoms with Crippen molar-refractivity contribution in [3.05, 3.63) is 23.8 Å². The molecule has 2 aromatic rings. The molecule has 0 saturated heterocycles. The van der Waals surface area contributed by atoms with E-state index in [1.54, 1.807) is 18.7 Å². The number of ether oxygens (including phenoxy) is 1. The first-order valence-electron chi connectivity index (χ1n) is 7.52. The van der Waals surface area contributed by atoms with E-state index in [-0.39, 0.29) is 30.7 Å². The van der Waals surface area contributed by atoms with Crippen LogP contribution in [0.25, 0.3) is 0 Å². The molecule has 1 aliphatic heterocycles. The molecule has 1 aromatic carbocycles. The second-order valence-corrected chi connectivity index (χ2v) is 6.07. The van der Waals surface area contributed by atoms with Crippen molar-refractivity contribution in [1.29, 1.82) is 0 Å². The smallest absolute Gasteiger partial charge is 0.270 e. The summed E-state index contributed by atoms with van der Waals surface area (Å²) in [5, 5.41) is 15.4. The molecule has 1 aliphatic rings. The number of carbonyl (C=O) groups excluding carboxylic acids is 2. The van der Waals surface area contributed by atoms with Gasteiger partial charge < -0.3 is 9.64 Å². The third-order valence-electron chi connectivity index (χ3n) is 3.69. The fourth-order valence-electron chi connectivity index (χ4n) is 2.51. The van der Waals surface area contributed by atoms with Crippen molar-refractivity contribution >= 4 is 23.5 Å². The SMILES string of the molecule is Cc1ccc2c(c1)N(CCC(=O)Nc1nn[nH]n1)C(=O)C(C)(C)O2. The zero-order valence-electron chi connectivity index (χ0n) is 13.7. The molecule has 3 rings (SSSR count). The number of aromatic amines is 1. The normalized spacial score (nSPS) is 15.6. The van der Waals surface area contributed by atoms with Gasteiger partial charge in [0.2, 0.25) is 5.91 Å². The van der Waals surface area contributed by atoms with Gasteiger partial charge in [-0.15, -0.1) is 5.10 Å². The van der Waals surface area contributed by atoms with Gasteiger partial charge in [0.1, 0.15) is 5.75 Å². The Bertz CT molecular complexity index is 772. The lowest BCUT2D eigenvalue weighted by Gasteiger charge is -2.38. The van der Waals surface area contributed by atoms with Gasteiger partial charge in [0.05, 0.1) is 5.69 Å². The maximum atomic E-state index is 12.7. The highest BCUT2D eigenvalue weighted by molar-refractivity contribution is 6.03. The second-order valence-electron chi connectivity index (χ2n) is 6.07. The molecule has 24 heavy (non-hydrogen) atoms. The first-order valence-corrected chi connectivity index (χ1v) is 7.52. The van der Waals surface area contributed by atoms with Crippen LogP contribution in [0.5, 0.6) is 5.75 Å². The summed E-state index contributed by atoms with van der Waals surface area (Å²) in [6.45, 7) is 5.59. The van der Waals surface area contributed by atoms with E-state index in [2.05, 4.69) is 25.9 Å². The number of nitrogens with one attached hydrogen (secondary N) is 2. The maximum Gasteiger partial charge on any atom is 0.270 e. The average molecular weight is 330 g/mol. The fourth-order valence-corrected chi connectivity index (χ4v) is 2.51. The maximum absolute atomic E-state index is 12.7. The number of tetrazole rings is 1. The second kappa shape index (κ2) is 5.91. The first kappa shape index (κ1) is 15.9. The number of aryl methyl sites for hydroxylation is 1. The summed E-state index contributed by atoms with van der Waals surface area (Å²) >= 11 is 0. The van der Waals surface area contributed by atoms with Gasteiger partial charge in [0.15, 0.2) is 5.60 Å². The molecule has 126 valence electrons. The molecular weight excluding hydrogens is 312 g/mol. The van der Waals surface area contributed by atoms with E-state index >= 15 is 0 Å². The van der Waals surface area contributed by atoms with Gasteiger partial charge in [0, 0.05) is 13.0 Å². The lowest BCUT2D eigenvalue weighted by Crippen LogP contribution is -2.53. The predicted octanol–water partition coefficient (Wildman–Crippen LogP) is 1.04. The Morgan fingerprint density at radius 1 is 1.42 bits per heavy atom. The Labute approximate surface area is 138 Å². The van der Waals surface area contributed by atoms with Crippen LogP contribution in [0.15, 0.2) is 18.2 Å². The molecule has 2 N–H and O–H groups in total. The van der Waals surface area contributed by atoms with E-state index in [4.69, 9.17) is 4.74 Å². The number of anilines is 2. The van der Waals surface area contributed by atoms with Gasteiger partial charge in [-0.3, -0.25) is 14.9 Å². The number of hydrogen-bond donors (Lipinski definition) is 2. The summed E-state index contributed by atoms with van der Waals surface area (Å²) in [5.74, 6) is 0.240. The van der Waals surface area contributed by atoms with Crippen LogP contribution in [0.4, 0.5) is 11.6 Å². The number of benzene rings is 1. The van der Waals surface area contributed by atoms with Gasteiger partial charge in [-0.25, -0.2) is 0 Å². The Hall–Kier alpha value is -2.97. The van der Waals surface area contributed by atoms with Gasteiger partial charge in [-0.05, 0) is 43.7 Å². The third kappa shape index (κ3) is 3.05. The summed E-state index contributed by atoms with van der Waals surface area (Å²) < 4.78 is 5.78. The van der Waals surface area contributed by atoms with Crippen molar-refractivity contribution in [3.63, 3.8) is 0 Å². The molecule has 9 heteroatoms. The van der Waals surface area contributed by atoms with E-state index in [0.29, 0.717) is 11.4 Å². The number of fused-ring (bicyclic) bond motifs is 1. The number of hydrogen-bond acceptors (Lipinski definition) is 6. The van der Waals surface area contributed by atoms with E-state index in [0.717, 1.165) is 5.56 Å². The highest BCUT2D eigenvalue weighted by Gasteiger charge is 2.40. The van der Waals surface area contributed by atoms with Crippen molar-refractivity contribution in [1.82, 2.24) is 20.6 Å². The van der Waals surface area contributed by atoms with Crippen molar-refractivity contribution in [2.75, 3.05) is 16.8 Å². The van der Waals surface area contributed by atoms with Crippen LogP contribution >= 0.6 is 0 Å². The van der Waals surface area contributed by atoms with Gasteiger partial charge >= 0.3 is 0 Å². The molecular formula is C15H18N6O3. The molecule has 9 nitrogen and oxygen atoms in total. The molecule has 2 heterocycles. The molecule has 1 aromatic heterocycles. The van der Waals surface area contributed by atoms with Crippen LogP contribution in [-0.4, -0.2) is 44.6 Å². The number of H-pyrrole nitrogens is 1. The summed E-state index contributed by atoms with van der Waals surface area (Å²) in [6, 6.07) is 5.64. The molecule has 0 fully saturated rings. The molecule has 0 spiro atoms. The Morgan fingerprint density at radius 2 is 2.21 bits per heavy atom. The van der Waals surface area contributed by atoms with Crippen LogP contribution < -0.4 is 15.0 Å². The minimum Gasteiger partial charge on any atom is -0.476 e. The van der Waals surface area contributed by atoms with Crippen molar-refractivity contribution in [3.8, 4) is 5.75 Å². The Balaban J connectivity index is 1.77. The number of nitrogens with zero attached hydrogens (tertiary/aromatic N) is 4. The third-order valence-corrected chi connectivity index (χ3v) is 3.69. The summed E-state index contributed by atoms with van der Waals surface area (Å²) in [5.41, 5.74) is 0.699. The van der Waals surface area contributed by atoms with E-state index in [1.165, 1.54) is 0 Å². The van der Waals surface area contributed by atoms with Crippen molar-refractivity contribution in [2.45, 2.75) is 32.8 Å². The highest BCUT2D eigenvalue weighted by Crippen LogP contribution is 2.38. The van der Waals surface area contributed by atoms with Gasteiger partial charge in [-0.2, -0.15) is 5.21 Å². The van der Waals surface area contributed by atoms with Crippen LogP contribution in [0.3, 0.4) is 0 Å². The topological polar surface area (TPSA) is 113 Å². The average Bonchev–Trinajstić information content (AvgIpc) is 3.01. The molecule has 0 unspecified atom stereocenters. The summed E-state index contributed by atoms with van der Waals surface area (Å²) in [6.07, 6.45) is 0.101. The minimum absolute atomic E-state index is 0.101. The summed E-state index contributed by atoms with van der Waals surface area (Å²) in [7, 11) is 0. The number of rotatable bonds is 4. The van der Waals surface area contributed by atoms with E-state index in [1.807, 2.05) is 25.1 Å². The zero-order chi connectivity index (χ0) is 17.3. The quantitative estimate of drug-likeness (QED) is 0.866. The standard InChI is InChI=1S/C15H18N6O3/c1-9-4-5-11-10(8-9)21(13(23)15(2,3)24-11)7-6-12(22)16-14-17-19-20-18-14/h4-5,8H,6-7H2,1-3H3,(H2,16,17,18,19,20,22). The van der Waals surface area contributed by atoms with Crippen molar-refractivity contribution < 1.29 is 14.3 Å².